The first-order valence-corrected chi connectivity index (χ1v) is 8.69. The number of para-hydroxylation sites is 2. The summed E-state index contributed by atoms with van der Waals surface area (Å²) < 4.78 is 36.1. The number of aryl methyl sites for hydroxylation is 1. The van der Waals surface area contributed by atoms with Crippen LogP contribution in [0.25, 0.3) is 5.69 Å². The number of alkyl halides is 2. The average Bonchev–Trinajstić information content (AvgIpc) is 3.22. The molecule has 0 aliphatic rings. The van der Waals surface area contributed by atoms with Crippen LogP contribution in [0.2, 0.25) is 0 Å². The van der Waals surface area contributed by atoms with Gasteiger partial charge in [0.25, 0.3) is 5.91 Å². The standard InChI is InChI=1S/C21H18F2N2O4/c1-14-8-9-15(12-17(14)25-10-4-5-11-25)20(27)28-13-19(26)24-16-6-2-3-7-18(16)29-21(22)23/h2-12,21H,13H2,1H3,(H,24,26). The number of amides is 1. The Kier molecular flexibility index (Phi) is 6.23. The summed E-state index contributed by atoms with van der Waals surface area (Å²) in [6.07, 6.45) is 3.70. The Hall–Kier alpha value is -3.68. The number of carbonyl (C=O) groups is 2. The van der Waals surface area contributed by atoms with Crippen LogP contribution in [0.15, 0.2) is 67.0 Å². The number of hydrogen-bond donors (Lipinski definition) is 1. The molecule has 0 unspecified atom stereocenters. The molecule has 6 nitrogen and oxygen atoms in total. The first-order valence-electron chi connectivity index (χ1n) is 8.69. The highest BCUT2D eigenvalue weighted by Crippen LogP contribution is 2.25. The monoisotopic (exact) mass is 400 g/mol. The second-order valence-corrected chi connectivity index (χ2v) is 6.09. The maximum atomic E-state index is 12.4. The van der Waals surface area contributed by atoms with E-state index in [2.05, 4.69) is 10.1 Å². The normalized spacial score (nSPS) is 10.6. The van der Waals surface area contributed by atoms with Crippen LogP contribution < -0.4 is 10.1 Å². The summed E-state index contributed by atoms with van der Waals surface area (Å²) in [5.74, 6) is -1.54. The topological polar surface area (TPSA) is 69.6 Å². The van der Waals surface area contributed by atoms with Crippen molar-refractivity contribution in [3.63, 3.8) is 0 Å². The van der Waals surface area contributed by atoms with Crippen LogP contribution in [0, 0.1) is 6.92 Å². The summed E-state index contributed by atoms with van der Waals surface area (Å²) in [6, 6.07) is 14.5. The van der Waals surface area contributed by atoms with Gasteiger partial charge in [0.15, 0.2) is 6.61 Å². The lowest BCUT2D eigenvalue weighted by molar-refractivity contribution is -0.119. The fourth-order valence-corrected chi connectivity index (χ4v) is 2.68. The van der Waals surface area contributed by atoms with Crippen LogP contribution in [0.1, 0.15) is 15.9 Å². The van der Waals surface area contributed by atoms with Crippen molar-refractivity contribution in [2.24, 2.45) is 0 Å². The highest BCUT2D eigenvalue weighted by molar-refractivity contribution is 5.96. The van der Waals surface area contributed by atoms with Crippen molar-refractivity contribution in [1.29, 1.82) is 0 Å². The van der Waals surface area contributed by atoms with Gasteiger partial charge in [-0.05, 0) is 48.9 Å². The third-order valence-corrected chi connectivity index (χ3v) is 4.04. The van der Waals surface area contributed by atoms with Gasteiger partial charge < -0.3 is 19.4 Å². The Balaban J connectivity index is 1.63. The molecule has 0 radical (unpaired) electrons. The van der Waals surface area contributed by atoms with Gasteiger partial charge in [-0.1, -0.05) is 18.2 Å². The Morgan fingerprint density at radius 3 is 2.52 bits per heavy atom. The molecule has 0 saturated carbocycles. The van der Waals surface area contributed by atoms with Crippen molar-refractivity contribution in [1.82, 2.24) is 4.57 Å². The number of carbonyl (C=O) groups excluding carboxylic acids is 2. The predicted molar refractivity (Wildman–Crippen MR) is 102 cm³/mol. The van der Waals surface area contributed by atoms with E-state index in [-0.39, 0.29) is 17.0 Å². The average molecular weight is 400 g/mol. The zero-order chi connectivity index (χ0) is 20.8. The zero-order valence-electron chi connectivity index (χ0n) is 15.5. The van der Waals surface area contributed by atoms with Gasteiger partial charge in [0.2, 0.25) is 0 Å². The molecule has 0 aliphatic heterocycles. The number of nitrogens with one attached hydrogen (secondary N) is 1. The number of rotatable bonds is 7. The summed E-state index contributed by atoms with van der Waals surface area (Å²) in [6.45, 7) is -1.69. The lowest BCUT2D eigenvalue weighted by Crippen LogP contribution is -2.21. The van der Waals surface area contributed by atoms with E-state index < -0.39 is 25.1 Å². The number of ether oxygens (including phenoxy) is 2. The lowest BCUT2D eigenvalue weighted by Gasteiger charge is -2.12. The molecule has 0 fully saturated rings. The third kappa shape index (κ3) is 5.19. The van der Waals surface area contributed by atoms with Crippen LogP contribution in [0.5, 0.6) is 5.75 Å². The van der Waals surface area contributed by atoms with E-state index in [1.54, 1.807) is 24.3 Å². The smallest absolute Gasteiger partial charge is 0.387 e. The molecule has 1 N–H and O–H groups in total. The van der Waals surface area contributed by atoms with Crippen LogP contribution in [-0.2, 0) is 9.53 Å². The minimum atomic E-state index is -3.03. The van der Waals surface area contributed by atoms with E-state index in [9.17, 15) is 18.4 Å². The highest BCUT2D eigenvalue weighted by atomic mass is 19.3. The van der Waals surface area contributed by atoms with E-state index in [1.165, 1.54) is 18.2 Å². The van der Waals surface area contributed by atoms with E-state index in [1.807, 2.05) is 36.0 Å². The molecule has 0 atom stereocenters. The molecule has 29 heavy (non-hydrogen) atoms. The van der Waals surface area contributed by atoms with Crippen molar-refractivity contribution in [2.75, 3.05) is 11.9 Å². The quantitative estimate of drug-likeness (QED) is 0.604. The van der Waals surface area contributed by atoms with Gasteiger partial charge in [-0.3, -0.25) is 4.79 Å². The second kappa shape index (κ2) is 9.01. The Morgan fingerprint density at radius 2 is 1.79 bits per heavy atom. The van der Waals surface area contributed by atoms with Crippen LogP contribution in [0.4, 0.5) is 14.5 Å². The van der Waals surface area contributed by atoms with Gasteiger partial charge in [-0.25, -0.2) is 4.79 Å². The first kappa shape index (κ1) is 20.1. The molecule has 1 aromatic heterocycles. The number of aromatic nitrogens is 1. The van der Waals surface area contributed by atoms with Gasteiger partial charge in [0, 0.05) is 18.1 Å². The molecule has 3 rings (SSSR count). The molecule has 0 bridgehead atoms. The van der Waals surface area contributed by atoms with Gasteiger partial charge in [0.05, 0.1) is 11.3 Å². The van der Waals surface area contributed by atoms with Crippen LogP contribution >= 0.6 is 0 Å². The fourth-order valence-electron chi connectivity index (χ4n) is 2.68. The number of esters is 1. The summed E-state index contributed by atoms with van der Waals surface area (Å²) in [4.78, 5) is 24.4. The number of halogens is 2. The molecular formula is C21H18F2N2O4. The molecule has 150 valence electrons. The van der Waals surface area contributed by atoms with E-state index >= 15 is 0 Å². The van der Waals surface area contributed by atoms with Crippen LogP contribution in [-0.4, -0.2) is 29.7 Å². The summed E-state index contributed by atoms with van der Waals surface area (Å²) >= 11 is 0. The highest BCUT2D eigenvalue weighted by Gasteiger charge is 2.15. The van der Waals surface area contributed by atoms with Crippen molar-refractivity contribution in [3.8, 4) is 11.4 Å². The molecule has 3 aromatic rings. The Bertz CT molecular complexity index is 1000. The minimum Gasteiger partial charge on any atom is -0.452 e. The van der Waals surface area contributed by atoms with Crippen molar-refractivity contribution >= 4 is 17.6 Å². The molecule has 8 heteroatoms. The van der Waals surface area contributed by atoms with Crippen molar-refractivity contribution < 1.29 is 27.8 Å². The maximum absolute atomic E-state index is 12.4. The SMILES string of the molecule is Cc1ccc(C(=O)OCC(=O)Nc2ccccc2OC(F)F)cc1-n1cccc1. The van der Waals surface area contributed by atoms with E-state index in [0.29, 0.717) is 0 Å². The fraction of sp³-hybridized carbons (Fsp3) is 0.143. The second-order valence-electron chi connectivity index (χ2n) is 6.09. The molecule has 1 heterocycles. The van der Waals surface area contributed by atoms with E-state index in [0.717, 1.165) is 11.3 Å². The number of benzene rings is 2. The van der Waals surface area contributed by atoms with Gasteiger partial charge in [-0.15, -0.1) is 0 Å². The summed E-state index contributed by atoms with van der Waals surface area (Å²) in [5, 5.41) is 2.39. The summed E-state index contributed by atoms with van der Waals surface area (Å²) in [5.41, 5.74) is 2.12. The molecule has 2 aromatic carbocycles. The molecule has 0 saturated heterocycles. The predicted octanol–water partition coefficient (Wildman–Crippen LogP) is 4.18. The summed E-state index contributed by atoms with van der Waals surface area (Å²) in [7, 11) is 0. The number of nitrogens with zero attached hydrogens (tertiary/aromatic N) is 1. The van der Waals surface area contributed by atoms with Gasteiger partial charge in [0.1, 0.15) is 5.75 Å². The third-order valence-electron chi connectivity index (χ3n) is 4.04. The lowest BCUT2D eigenvalue weighted by atomic mass is 10.1. The Labute approximate surface area is 165 Å². The number of anilines is 1. The molecule has 0 aliphatic carbocycles. The van der Waals surface area contributed by atoms with E-state index in [4.69, 9.17) is 4.74 Å². The largest absolute Gasteiger partial charge is 0.452 e. The first-order chi connectivity index (χ1) is 13.9. The van der Waals surface area contributed by atoms with Crippen LogP contribution in [0.3, 0.4) is 0 Å². The minimum absolute atomic E-state index is 0.0547. The Morgan fingerprint density at radius 1 is 1.07 bits per heavy atom. The van der Waals surface area contributed by atoms with Gasteiger partial charge >= 0.3 is 12.6 Å². The molecule has 0 spiro atoms. The maximum Gasteiger partial charge on any atom is 0.387 e. The molecular weight excluding hydrogens is 382 g/mol. The van der Waals surface area contributed by atoms with Gasteiger partial charge in [-0.2, -0.15) is 8.78 Å². The van der Waals surface area contributed by atoms with Crippen molar-refractivity contribution in [2.45, 2.75) is 13.5 Å². The number of hydrogen-bond acceptors (Lipinski definition) is 4. The molecule has 1 amide bonds. The van der Waals surface area contributed by atoms with Crippen molar-refractivity contribution in [3.05, 3.63) is 78.1 Å². The zero-order valence-corrected chi connectivity index (χ0v) is 15.5.